The van der Waals surface area contributed by atoms with Gasteiger partial charge >= 0.3 is 0 Å². The third kappa shape index (κ3) is 2.88. The molecule has 0 aromatic heterocycles. The Bertz CT molecular complexity index is 625. The molecule has 1 N–H and O–H groups in total. The normalized spacial score (nSPS) is 12.4. The number of hydrogen-bond acceptors (Lipinski definition) is 2. The Labute approximate surface area is 123 Å². The molecule has 0 bridgehead atoms. The summed E-state index contributed by atoms with van der Waals surface area (Å²) in [6.07, 6.45) is 0. The molecule has 2 aromatic rings. The number of ether oxygens (including phenoxy) is 1. The van der Waals surface area contributed by atoms with Crippen molar-refractivity contribution in [3.63, 3.8) is 0 Å². The average Bonchev–Trinajstić information content (AvgIpc) is 2.44. The first kappa shape index (κ1) is 14.7. The van der Waals surface area contributed by atoms with Gasteiger partial charge in [-0.2, -0.15) is 0 Å². The summed E-state index contributed by atoms with van der Waals surface area (Å²) in [4.78, 5) is 12.2. The predicted molar refractivity (Wildman–Crippen MR) is 82.4 cm³/mol. The molecule has 0 radical (unpaired) electrons. The molecule has 0 aliphatic heterocycles. The van der Waals surface area contributed by atoms with Crippen LogP contribution in [0.15, 0.2) is 36.4 Å². The van der Waals surface area contributed by atoms with Crippen molar-refractivity contribution >= 4 is 28.3 Å². The van der Waals surface area contributed by atoms with Crippen LogP contribution in [0.25, 0.3) is 10.8 Å². The van der Waals surface area contributed by atoms with E-state index in [-0.39, 0.29) is 11.9 Å². The molecule has 4 heteroatoms. The Hall–Kier alpha value is -1.74. The van der Waals surface area contributed by atoms with Crippen LogP contribution in [0.3, 0.4) is 0 Å². The highest BCUT2D eigenvalue weighted by Crippen LogP contribution is 2.36. The average molecular weight is 292 g/mol. The first-order valence-corrected chi connectivity index (χ1v) is 6.98. The number of rotatable bonds is 4. The van der Waals surface area contributed by atoms with Crippen molar-refractivity contribution in [2.45, 2.75) is 25.3 Å². The van der Waals surface area contributed by atoms with Crippen molar-refractivity contribution in [3.05, 3.63) is 42.0 Å². The summed E-state index contributed by atoms with van der Waals surface area (Å²) in [5.41, 5.74) is 0.713. The van der Waals surface area contributed by atoms with Crippen LogP contribution >= 0.6 is 11.6 Å². The van der Waals surface area contributed by atoms with E-state index < -0.39 is 5.38 Å². The first-order valence-electron chi connectivity index (χ1n) is 6.54. The zero-order chi connectivity index (χ0) is 14.7. The van der Waals surface area contributed by atoms with Gasteiger partial charge in [0.1, 0.15) is 11.1 Å². The van der Waals surface area contributed by atoms with Crippen LogP contribution in [0.4, 0.5) is 0 Å². The summed E-state index contributed by atoms with van der Waals surface area (Å²) in [5.74, 6) is 0.416. The summed E-state index contributed by atoms with van der Waals surface area (Å²) >= 11 is 6.37. The number of hydrogen-bond donors (Lipinski definition) is 1. The summed E-state index contributed by atoms with van der Waals surface area (Å²) in [5, 5.41) is 4.02. The van der Waals surface area contributed by atoms with Crippen molar-refractivity contribution in [1.82, 2.24) is 5.32 Å². The van der Waals surface area contributed by atoms with Gasteiger partial charge in [-0.25, -0.2) is 0 Å². The predicted octanol–water partition coefficient (Wildman–Crippen LogP) is 3.65. The number of methoxy groups -OCH3 is 1. The van der Waals surface area contributed by atoms with E-state index in [2.05, 4.69) is 5.32 Å². The second-order valence-corrected chi connectivity index (χ2v) is 5.36. The Kier molecular flexibility index (Phi) is 4.50. The van der Waals surface area contributed by atoms with Crippen LogP contribution in [-0.4, -0.2) is 19.1 Å². The van der Waals surface area contributed by atoms with Crippen molar-refractivity contribution in [3.8, 4) is 5.75 Å². The molecule has 0 saturated heterocycles. The molecular formula is C16H18ClNO2. The van der Waals surface area contributed by atoms with Gasteiger partial charge in [-0.1, -0.05) is 30.3 Å². The van der Waals surface area contributed by atoms with Gasteiger partial charge in [0.15, 0.2) is 0 Å². The van der Waals surface area contributed by atoms with Gasteiger partial charge < -0.3 is 10.1 Å². The second kappa shape index (κ2) is 6.14. The van der Waals surface area contributed by atoms with Crippen LogP contribution in [0.2, 0.25) is 0 Å². The van der Waals surface area contributed by atoms with Gasteiger partial charge in [-0.3, -0.25) is 4.79 Å². The third-order valence-electron chi connectivity index (χ3n) is 3.07. The van der Waals surface area contributed by atoms with Crippen molar-refractivity contribution < 1.29 is 9.53 Å². The van der Waals surface area contributed by atoms with E-state index in [1.54, 1.807) is 7.11 Å². The van der Waals surface area contributed by atoms with Gasteiger partial charge in [0.25, 0.3) is 0 Å². The maximum atomic E-state index is 12.2. The van der Waals surface area contributed by atoms with E-state index in [0.29, 0.717) is 11.3 Å². The van der Waals surface area contributed by atoms with Gasteiger partial charge in [-0.05, 0) is 30.7 Å². The number of fused-ring (bicyclic) bond motifs is 1. The molecular weight excluding hydrogens is 274 g/mol. The number of alkyl halides is 1. The van der Waals surface area contributed by atoms with Gasteiger partial charge in [-0.15, -0.1) is 11.6 Å². The number of benzene rings is 2. The summed E-state index contributed by atoms with van der Waals surface area (Å²) in [7, 11) is 1.58. The van der Waals surface area contributed by atoms with Gasteiger partial charge in [0.2, 0.25) is 5.91 Å². The Morgan fingerprint density at radius 3 is 2.55 bits per heavy atom. The topological polar surface area (TPSA) is 38.3 Å². The minimum absolute atomic E-state index is 0.0460. The van der Waals surface area contributed by atoms with Crippen LogP contribution in [0.5, 0.6) is 5.75 Å². The standard InChI is InChI=1S/C16H18ClNO2/c1-10(2)18-16(19)15(17)14-12-7-5-4-6-11(12)8-9-13(14)20-3/h4-10,15H,1-3H3,(H,18,19). The molecule has 1 atom stereocenters. The molecule has 0 fully saturated rings. The first-order chi connectivity index (χ1) is 9.54. The van der Waals surface area contributed by atoms with E-state index in [0.717, 1.165) is 10.8 Å². The maximum absolute atomic E-state index is 12.2. The number of amides is 1. The number of halogens is 1. The fourth-order valence-corrected chi connectivity index (χ4v) is 2.49. The quantitative estimate of drug-likeness (QED) is 0.873. The van der Waals surface area contributed by atoms with E-state index in [1.165, 1.54) is 0 Å². The summed E-state index contributed by atoms with van der Waals surface area (Å²) in [6, 6.07) is 11.7. The largest absolute Gasteiger partial charge is 0.496 e. The van der Waals surface area contributed by atoms with E-state index in [9.17, 15) is 4.79 Å². The van der Waals surface area contributed by atoms with Crippen molar-refractivity contribution in [2.75, 3.05) is 7.11 Å². The van der Waals surface area contributed by atoms with Crippen LogP contribution in [-0.2, 0) is 4.79 Å². The van der Waals surface area contributed by atoms with E-state index >= 15 is 0 Å². The molecule has 0 aliphatic rings. The molecule has 2 aromatic carbocycles. The summed E-state index contributed by atoms with van der Waals surface area (Å²) in [6.45, 7) is 3.81. The Balaban J connectivity index is 2.53. The lowest BCUT2D eigenvalue weighted by Crippen LogP contribution is -2.33. The van der Waals surface area contributed by atoms with Crippen LogP contribution < -0.4 is 10.1 Å². The Morgan fingerprint density at radius 2 is 1.90 bits per heavy atom. The highest BCUT2D eigenvalue weighted by atomic mass is 35.5. The molecule has 0 spiro atoms. The fourth-order valence-electron chi connectivity index (χ4n) is 2.20. The zero-order valence-corrected chi connectivity index (χ0v) is 12.6. The fraction of sp³-hybridized carbons (Fsp3) is 0.312. The van der Waals surface area contributed by atoms with Crippen molar-refractivity contribution in [1.29, 1.82) is 0 Å². The molecule has 20 heavy (non-hydrogen) atoms. The highest BCUT2D eigenvalue weighted by molar-refractivity contribution is 6.32. The monoisotopic (exact) mass is 291 g/mol. The molecule has 3 nitrogen and oxygen atoms in total. The SMILES string of the molecule is COc1ccc2ccccc2c1C(Cl)C(=O)NC(C)C. The molecule has 0 aliphatic carbocycles. The smallest absolute Gasteiger partial charge is 0.242 e. The number of carbonyl (C=O) groups is 1. The van der Waals surface area contributed by atoms with E-state index in [1.807, 2.05) is 50.2 Å². The van der Waals surface area contributed by atoms with Gasteiger partial charge in [0.05, 0.1) is 7.11 Å². The molecule has 1 unspecified atom stereocenters. The number of carbonyl (C=O) groups excluding carboxylic acids is 1. The van der Waals surface area contributed by atoms with Gasteiger partial charge in [0, 0.05) is 11.6 Å². The second-order valence-electron chi connectivity index (χ2n) is 4.93. The van der Waals surface area contributed by atoms with Crippen molar-refractivity contribution in [2.24, 2.45) is 0 Å². The molecule has 2 rings (SSSR count). The molecule has 0 heterocycles. The lowest BCUT2D eigenvalue weighted by molar-refractivity contribution is -0.121. The van der Waals surface area contributed by atoms with E-state index in [4.69, 9.17) is 16.3 Å². The zero-order valence-electron chi connectivity index (χ0n) is 11.8. The third-order valence-corrected chi connectivity index (χ3v) is 3.48. The van der Waals surface area contributed by atoms with Crippen LogP contribution in [0, 0.1) is 0 Å². The van der Waals surface area contributed by atoms with Crippen LogP contribution in [0.1, 0.15) is 24.8 Å². The lowest BCUT2D eigenvalue weighted by atomic mass is 10.00. The highest BCUT2D eigenvalue weighted by Gasteiger charge is 2.24. The molecule has 106 valence electrons. The lowest BCUT2D eigenvalue weighted by Gasteiger charge is -2.18. The minimum Gasteiger partial charge on any atom is -0.496 e. The minimum atomic E-state index is -0.779. The molecule has 0 saturated carbocycles. The number of nitrogens with one attached hydrogen (secondary N) is 1. The summed E-state index contributed by atoms with van der Waals surface area (Å²) < 4.78 is 5.37. The maximum Gasteiger partial charge on any atom is 0.242 e. The molecule has 1 amide bonds. The Morgan fingerprint density at radius 1 is 1.20 bits per heavy atom.